The third-order valence-electron chi connectivity index (χ3n) is 4.12. The van der Waals surface area contributed by atoms with Crippen molar-refractivity contribution in [3.05, 3.63) is 63.6 Å². The fraction of sp³-hybridized carbons (Fsp3) is 0.300. The third kappa shape index (κ3) is 6.54. The second-order valence-electron chi connectivity index (χ2n) is 6.69. The maximum atomic E-state index is 12.4. The molecule has 0 spiro atoms. The highest BCUT2D eigenvalue weighted by atomic mass is 35.5. The molecule has 2 aromatic carbocycles. The molecule has 5 nitrogen and oxygen atoms in total. The summed E-state index contributed by atoms with van der Waals surface area (Å²) < 4.78 is 0. The predicted molar refractivity (Wildman–Crippen MR) is 109 cm³/mol. The molecule has 144 valence electrons. The second-order valence-corrected chi connectivity index (χ2v) is 7.47. The first kappa shape index (κ1) is 21.2. The van der Waals surface area contributed by atoms with Crippen LogP contribution in [-0.2, 0) is 16.1 Å². The van der Waals surface area contributed by atoms with E-state index in [1.807, 2.05) is 50.4 Å². The van der Waals surface area contributed by atoms with E-state index in [1.165, 1.54) is 4.90 Å². The van der Waals surface area contributed by atoms with Crippen molar-refractivity contribution in [1.29, 1.82) is 0 Å². The molecule has 1 atom stereocenters. The molecule has 0 radical (unpaired) electrons. The number of carbonyl (C=O) groups excluding carboxylic acids is 2. The number of hydrogen-bond donors (Lipinski definition) is 2. The van der Waals surface area contributed by atoms with Crippen molar-refractivity contribution in [1.82, 2.24) is 4.90 Å². The molecule has 2 N–H and O–H groups in total. The summed E-state index contributed by atoms with van der Waals surface area (Å²) in [6.45, 7) is 2.79. The molecule has 0 aliphatic rings. The van der Waals surface area contributed by atoms with Gasteiger partial charge in [0, 0.05) is 18.3 Å². The highest BCUT2D eigenvalue weighted by molar-refractivity contribution is 6.42. The first-order valence-corrected chi connectivity index (χ1v) is 9.36. The molecule has 0 aliphatic heterocycles. The van der Waals surface area contributed by atoms with E-state index in [1.54, 1.807) is 13.1 Å². The molecule has 0 saturated carbocycles. The Bertz CT molecular complexity index is 809. The Labute approximate surface area is 169 Å². The van der Waals surface area contributed by atoms with Gasteiger partial charge in [0.2, 0.25) is 5.91 Å². The lowest BCUT2D eigenvalue weighted by Gasteiger charge is -2.20. The molecule has 0 aliphatic carbocycles. The summed E-state index contributed by atoms with van der Waals surface area (Å²) in [6.07, 6.45) is 0. The van der Waals surface area contributed by atoms with Crippen LogP contribution < -0.4 is 10.2 Å². The molecule has 0 aromatic heterocycles. The van der Waals surface area contributed by atoms with Crippen molar-refractivity contribution in [3.63, 3.8) is 0 Å². The van der Waals surface area contributed by atoms with Gasteiger partial charge in [-0.25, -0.2) is 0 Å². The first-order valence-electron chi connectivity index (χ1n) is 8.61. The van der Waals surface area contributed by atoms with Crippen LogP contribution in [0.5, 0.6) is 0 Å². The van der Waals surface area contributed by atoms with Gasteiger partial charge in [-0.05, 0) is 25.1 Å². The highest BCUT2D eigenvalue weighted by Gasteiger charge is 2.18. The molecule has 1 unspecified atom stereocenters. The number of halogens is 2. The number of rotatable bonds is 7. The molecule has 0 heterocycles. The van der Waals surface area contributed by atoms with E-state index in [2.05, 4.69) is 5.32 Å². The fourth-order valence-corrected chi connectivity index (χ4v) is 2.99. The van der Waals surface area contributed by atoms with Gasteiger partial charge in [-0.15, -0.1) is 0 Å². The SMILES string of the molecule is Cc1ccc(NC(=O)CN(C)C(=O)C[NH+](C)Cc2cccc(Cl)c2Cl)cc1. The highest BCUT2D eigenvalue weighted by Crippen LogP contribution is 2.24. The number of amides is 2. The number of benzene rings is 2. The van der Waals surface area contributed by atoms with Crippen LogP contribution >= 0.6 is 23.2 Å². The van der Waals surface area contributed by atoms with Crippen LogP contribution in [0.2, 0.25) is 10.0 Å². The van der Waals surface area contributed by atoms with Crippen LogP contribution in [0, 0.1) is 6.92 Å². The predicted octanol–water partition coefficient (Wildman–Crippen LogP) is 2.41. The minimum absolute atomic E-state index is 0.00207. The lowest BCUT2D eigenvalue weighted by atomic mass is 10.2. The topological polar surface area (TPSA) is 53.9 Å². The summed E-state index contributed by atoms with van der Waals surface area (Å²) in [5, 5.41) is 3.80. The number of anilines is 1. The number of nitrogens with zero attached hydrogens (tertiary/aromatic N) is 1. The Hall–Kier alpha value is -2.08. The van der Waals surface area contributed by atoms with Gasteiger partial charge in [0.05, 0.1) is 23.6 Å². The molecule has 2 amide bonds. The van der Waals surface area contributed by atoms with Gasteiger partial charge in [0.1, 0.15) is 6.54 Å². The number of nitrogens with one attached hydrogen (secondary N) is 2. The van der Waals surface area contributed by atoms with E-state index in [-0.39, 0.29) is 24.9 Å². The molecule has 0 bridgehead atoms. The summed E-state index contributed by atoms with van der Waals surface area (Å²) in [5.74, 6) is -0.352. The number of aryl methyl sites for hydroxylation is 1. The minimum Gasteiger partial charge on any atom is -0.332 e. The van der Waals surface area contributed by atoms with Crippen molar-refractivity contribution < 1.29 is 14.5 Å². The van der Waals surface area contributed by atoms with Gasteiger partial charge in [0.25, 0.3) is 5.91 Å². The lowest BCUT2D eigenvalue weighted by Crippen LogP contribution is -3.08. The molecule has 2 aromatic rings. The quantitative estimate of drug-likeness (QED) is 0.738. The summed E-state index contributed by atoms with van der Waals surface area (Å²) in [6, 6.07) is 13.0. The molecular weight excluding hydrogens is 385 g/mol. The molecule has 0 fully saturated rings. The van der Waals surface area contributed by atoms with Crippen molar-refractivity contribution in [2.24, 2.45) is 0 Å². The van der Waals surface area contributed by atoms with Crippen molar-refractivity contribution in [2.75, 3.05) is 32.5 Å². The third-order valence-corrected chi connectivity index (χ3v) is 4.98. The maximum absolute atomic E-state index is 12.4. The van der Waals surface area contributed by atoms with E-state index in [9.17, 15) is 9.59 Å². The van der Waals surface area contributed by atoms with Crippen molar-refractivity contribution >= 4 is 40.7 Å². The Balaban J connectivity index is 1.84. The zero-order valence-corrected chi connectivity index (χ0v) is 17.2. The number of quaternary nitrogens is 1. The number of hydrogen-bond acceptors (Lipinski definition) is 2. The monoisotopic (exact) mass is 408 g/mol. The van der Waals surface area contributed by atoms with E-state index < -0.39 is 0 Å². The zero-order valence-electron chi connectivity index (χ0n) is 15.7. The smallest absolute Gasteiger partial charge is 0.277 e. The van der Waals surface area contributed by atoms with Gasteiger partial charge in [-0.1, -0.05) is 53.0 Å². The molecular formula is C20H24Cl2N3O2+. The fourth-order valence-electron chi connectivity index (χ4n) is 2.61. The van der Waals surface area contributed by atoms with Crippen LogP contribution in [0.15, 0.2) is 42.5 Å². The van der Waals surface area contributed by atoms with Crippen LogP contribution in [0.3, 0.4) is 0 Å². The lowest BCUT2D eigenvalue weighted by molar-refractivity contribution is -0.885. The Kier molecular flexibility index (Phi) is 7.66. The summed E-state index contributed by atoms with van der Waals surface area (Å²) in [4.78, 5) is 26.9. The molecule has 27 heavy (non-hydrogen) atoms. The zero-order chi connectivity index (χ0) is 20.0. The van der Waals surface area contributed by atoms with Crippen LogP contribution in [0.25, 0.3) is 0 Å². The normalized spacial score (nSPS) is 11.7. The molecule has 7 heteroatoms. The first-order chi connectivity index (χ1) is 12.8. The van der Waals surface area contributed by atoms with Crippen LogP contribution in [-0.4, -0.2) is 43.9 Å². The minimum atomic E-state index is -0.231. The molecule has 0 saturated heterocycles. The van der Waals surface area contributed by atoms with Gasteiger partial charge < -0.3 is 15.1 Å². The molecule has 2 rings (SSSR count). The summed E-state index contributed by atoms with van der Waals surface area (Å²) in [7, 11) is 3.52. The Morgan fingerprint density at radius 2 is 1.78 bits per heavy atom. The Morgan fingerprint density at radius 1 is 1.11 bits per heavy atom. The summed E-state index contributed by atoms with van der Waals surface area (Å²) in [5.41, 5.74) is 2.71. The maximum Gasteiger partial charge on any atom is 0.277 e. The number of likely N-dealkylation sites (N-methyl/N-ethyl adjacent to an activating group) is 2. The van der Waals surface area contributed by atoms with Gasteiger partial charge in [-0.3, -0.25) is 9.59 Å². The van der Waals surface area contributed by atoms with Crippen molar-refractivity contribution in [2.45, 2.75) is 13.5 Å². The van der Waals surface area contributed by atoms with Crippen molar-refractivity contribution in [3.8, 4) is 0 Å². The second kappa shape index (κ2) is 9.74. The standard InChI is InChI=1S/C20H23Cl2N3O2/c1-14-7-9-16(10-8-14)23-18(26)12-25(3)19(27)13-24(2)11-15-5-4-6-17(21)20(15)22/h4-10H,11-13H2,1-3H3,(H,23,26)/p+1. The van der Waals surface area contributed by atoms with E-state index in [4.69, 9.17) is 23.2 Å². The van der Waals surface area contributed by atoms with Crippen LogP contribution in [0.4, 0.5) is 5.69 Å². The van der Waals surface area contributed by atoms with E-state index in [0.29, 0.717) is 22.3 Å². The van der Waals surface area contributed by atoms with Crippen LogP contribution in [0.1, 0.15) is 11.1 Å². The largest absolute Gasteiger partial charge is 0.332 e. The van der Waals surface area contributed by atoms with Gasteiger partial charge in [0.15, 0.2) is 6.54 Å². The average Bonchev–Trinajstić information content (AvgIpc) is 2.60. The van der Waals surface area contributed by atoms with Gasteiger partial charge >= 0.3 is 0 Å². The Morgan fingerprint density at radius 3 is 2.44 bits per heavy atom. The number of carbonyl (C=O) groups is 2. The van der Waals surface area contributed by atoms with E-state index in [0.717, 1.165) is 16.0 Å². The van der Waals surface area contributed by atoms with Gasteiger partial charge in [-0.2, -0.15) is 0 Å². The van der Waals surface area contributed by atoms with E-state index >= 15 is 0 Å². The summed E-state index contributed by atoms with van der Waals surface area (Å²) >= 11 is 12.2. The average molecular weight is 409 g/mol.